The van der Waals surface area contributed by atoms with E-state index in [0.717, 1.165) is 10.4 Å². The molecule has 1 aromatic carbocycles. The van der Waals surface area contributed by atoms with Crippen LogP contribution in [-0.4, -0.2) is 5.91 Å². The zero-order chi connectivity index (χ0) is 13.8. The Morgan fingerprint density at radius 2 is 1.95 bits per heavy atom. The van der Waals surface area contributed by atoms with Crippen molar-refractivity contribution < 1.29 is 4.79 Å². The molecule has 1 amide bonds. The van der Waals surface area contributed by atoms with Crippen molar-refractivity contribution in [2.45, 2.75) is 25.9 Å². The maximum atomic E-state index is 12.1. The van der Waals surface area contributed by atoms with Crippen molar-refractivity contribution in [2.24, 2.45) is 5.73 Å². The third-order valence-electron chi connectivity index (χ3n) is 3.07. The second kappa shape index (κ2) is 5.99. The van der Waals surface area contributed by atoms with Crippen LogP contribution in [0.25, 0.3) is 0 Å². The molecule has 2 atom stereocenters. The standard InChI is InChI=1S/C15H18N2OS/c1-10-5-7-12(8-6-10)11(2)17-15(18)14(16)13-4-3-9-19-13/h3-9,11,14H,16H2,1-2H3,(H,17,18)/t11-,14?/m1/s1. The number of nitrogens with two attached hydrogens (primary N) is 1. The normalized spacial score (nSPS) is 13.8. The van der Waals surface area contributed by atoms with Gasteiger partial charge in [0.15, 0.2) is 0 Å². The van der Waals surface area contributed by atoms with Crippen molar-refractivity contribution >= 4 is 17.2 Å². The molecule has 2 aromatic rings. The first kappa shape index (κ1) is 13.8. The lowest BCUT2D eigenvalue weighted by atomic mass is 10.1. The molecule has 0 aliphatic heterocycles. The van der Waals surface area contributed by atoms with Gasteiger partial charge in [0, 0.05) is 4.88 Å². The second-order valence-corrected chi connectivity index (χ2v) is 5.61. The van der Waals surface area contributed by atoms with E-state index in [-0.39, 0.29) is 11.9 Å². The summed E-state index contributed by atoms with van der Waals surface area (Å²) in [4.78, 5) is 12.9. The monoisotopic (exact) mass is 274 g/mol. The second-order valence-electron chi connectivity index (χ2n) is 4.63. The number of benzene rings is 1. The van der Waals surface area contributed by atoms with Gasteiger partial charge in [0.25, 0.3) is 0 Å². The highest BCUT2D eigenvalue weighted by Crippen LogP contribution is 2.19. The summed E-state index contributed by atoms with van der Waals surface area (Å²) < 4.78 is 0. The fourth-order valence-electron chi connectivity index (χ4n) is 1.84. The summed E-state index contributed by atoms with van der Waals surface area (Å²) in [5.41, 5.74) is 8.22. The first-order chi connectivity index (χ1) is 9.08. The van der Waals surface area contributed by atoms with Gasteiger partial charge < -0.3 is 11.1 Å². The minimum atomic E-state index is -0.590. The summed E-state index contributed by atoms with van der Waals surface area (Å²) in [6.45, 7) is 4.00. The highest BCUT2D eigenvalue weighted by atomic mass is 32.1. The SMILES string of the molecule is Cc1ccc([C@@H](C)NC(=O)C(N)c2cccs2)cc1. The summed E-state index contributed by atoms with van der Waals surface area (Å²) >= 11 is 1.50. The van der Waals surface area contributed by atoms with E-state index in [1.807, 2.05) is 55.6 Å². The van der Waals surface area contributed by atoms with Gasteiger partial charge >= 0.3 is 0 Å². The van der Waals surface area contributed by atoms with Crippen LogP contribution in [0.15, 0.2) is 41.8 Å². The van der Waals surface area contributed by atoms with Crippen LogP contribution >= 0.6 is 11.3 Å². The number of thiophene rings is 1. The van der Waals surface area contributed by atoms with Crippen molar-refractivity contribution in [3.8, 4) is 0 Å². The minimum absolute atomic E-state index is 0.0425. The minimum Gasteiger partial charge on any atom is -0.348 e. The number of hydrogen-bond acceptors (Lipinski definition) is 3. The van der Waals surface area contributed by atoms with Crippen molar-refractivity contribution in [3.05, 3.63) is 57.8 Å². The smallest absolute Gasteiger partial charge is 0.242 e. The summed E-state index contributed by atoms with van der Waals surface area (Å²) in [6.07, 6.45) is 0. The fourth-order valence-corrected chi connectivity index (χ4v) is 2.56. The average molecular weight is 274 g/mol. The zero-order valence-corrected chi connectivity index (χ0v) is 11.9. The Morgan fingerprint density at radius 3 is 2.53 bits per heavy atom. The van der Waals surface area contributed by atoms with Crippen LogP contribution in [0, 0.1) is 6.92 Å². The lowest BCUT2D eigenvalue weighted by molar-refractivity contribution is -0.123. The van der Waals surface area contributed by atoms with E-state index < -0.39 is 6.04 Å². The van der Waals surface area contributed by atoms with Gasteiger partial charge in [-0.1, -0.05) is 35.9 Å². The van der Waals surface area contributed by atoms with Gasteiger partial charge in [-0.2, -0.15) is 0 Å². The molecular formula is C15H18N2OS. The van der Waals surface area contributed by atoms with Crippen molar-refractivity contribution in [1.29, 1.82) is 0 Å². The van der Waals surface area contributed by atoms with Gasteiger partial charge in [0.1, 0.15) is 6.04 Å². The summed E-state index contributed by atoms with van der Waals surface area (Å²) in [5.74, 6) is -0.143. The van der Waals surface area contributed by atoms with Crippen LogP contribution in [0.3, 0.4) is 0 Å². The Hall–Kier alpha value is -1.65. The maximum Gasteiger partial charge on any atom is 0.242 e. The highest BCUT2D eigenvalue weighted by molar-refractivity contribution is 7.10. The predicted molar refractivity (Wildman–Crippen MR) is 79.0 cm³/mol. The van der Waals surface area contributed by atoms with Gasteiger partial charge in [-0.3, -0.25) is 4.79 Å². The van der Waals surface area contributed by atoms with Crippen molar-refractivity contribution in [2.75, 3.05) is 0 Å². The molecule has 1 unspecified atom stereocenters. The molecule has 0 saturated carbocycles. The van der Waals surface area contributed by atoms with E-state index in [0.29, 0.717) is 0 Å². The molecule has 0 bridgehead atoms. The summed E-state index contributed by atoms with van der Waals surface area (Å²) in [5, 5.41) is 4.87. The van der Waals surface area contributed by atoms with E-state index >= 15 is 0 Å². The van der Waals surface area contributed by atoms with Gasteiger partial charge in [0.2, 0.25) is 5.91 Å². The third-order valence-corrected chi connectivity index (χ3v) is 4.02. The number of carbonyl (C=O) groups is 1. The molecule has 2 rings (SSSR count). The molecule has 19 heavy (non-hydrogen) atoms. The van der Waals surface area contributed by atoms with Gasteiger partial charge in [-0.15, -0.1) is 11.3 Å². The molecule has 3 nitrogen and oxygen atoms in total. The first-order valence-electron chi connectivity index (χ1n) is 6.24. The molecule has 3 N–H and O–H groups in total. The molecule has 0 spiro atoms. The van der Waals surface area contributed by atoms with Crippen LogP contribution in [0.1, 0.15) is 35.0 Å². The Balaban J connectivity index is 2.00. The molecule has 0 aliphatic rings. The molecule has 1 heterocycles. The van der Waals surface area contributed by atoms with Crippen LogP contribution < -0.4 is 11.1 Å². The molecule has 0 aliphatic carbocycles. The molecular weight excluding hydrogens is 256 g/mol. The Bertz CT molecular complexity index is 534. The largest absolute Gasteiger partial charge is 0.348 e. The van der Waals surface area contributed by atoms with Crippen LogP contribution in [-0.2, 0) is 4.79 Å². The number of rotatable bonds is 4. The number of nitrogens with one attached hydrogen (secondary N) is 1. The van der Waals surface area contributed by atoms with Crippen molar-refractivity contribution in [3.63, 3.8) is 0 Å². The maximum absolute atomic E-state index is 12.1. The van der Waals surface area contributed by atoms with E-state index in [1.54, 1.807) is 0 Å². The van der Waals surface area contributed by atoms with Gasteiger partial charge in [-0.05, 0) is 30.9 Å². The molecule has 100 valence electrons. The molecule has 0 saturated heterocycles. The highest BCUT2D eigenvalue weighted by Gasteiger charge is 2.18. The predicted octanol–water partition coefficient (Wildman–Crippen LogP) is 2.93. The van der Waals surface area contributed by atoms with E-state index in [9.17, 15) is 4.79 Å². The molecule has 0 fully saturated rings. The van der Waals surface area contributed by atoms with Gasteiger partial charge in [0.05, 0.1) is 6.04 Å². The number of carbonyl (C=O) groups excluding carboxylic acids is 1. The zero-order valence-electron chi connectivity index (χ0n) is 11.1. The van der Waals surface area contributed by atoms with E-state index in [4.69, 9.17) is 5.73 Å². The fraction of sp³-hybridized carbons (Fsp3) is 0.267. The lowest BCUT2D eigenvalue weighted by Gasteiger charge is -2.17. The van der Waals surface area contributed by atoms with E-state index in [2.05, 4.69) is 5.32 Å². The van der Waals surface area contributed by atoms with Crippen LogP contribution in [0.4, 0.5) is 0 Å². The molecule has 0 radical (unpaired) electrons. The summed E-state index contributed by atoms with van der Waals surface area (Å²) in [6, 6.07) is 11.3. The summed E-state index contributed by atoms with van der Waals surface area (Å²) in [7, 11) is 0. The topological polar surface area (TPSA) is 55.1 Å². The first-order valence-corrected chi connectivity index (χ1v) is 7.12. The number of hydrogen-bond donors (Lipinski definition) is 2. The van der Waals surface area contributed by atoms with Crippen molar-refractivity contribution in [1.82, 2.24) is 5.32 Å². The Labute approximate surface area is 117 Å². The average Bonchev–Trinajstić information content (AvgIpc) is 2.92. The Kier molecular flexibility index (Phi) is 4.35. The van der Waals surface area contributed by atoms with Crippen LogP contribution in [0.2, 0.25) is 0 Å². The van der Waals surface area contributed by atoms with Gasteiger partial charge in [-0.25, -0.2) is 0 Å². The third kappa shape index (κ3) is 3.43. The number of aryl methyl sites for hydroxylation is 1. The Morgan fingerprint density at radius 1 is 1.26 bits per heavy atom. The lowest BCUT2D eigenvalue weighted by Crippen LogP contribution is -2.35. The number of amides is 1. The molecule has 1 aromatic heterocycles. The quantitative estimate of drug-likeness (QED) is 0.900. The van der Waals surface area contributed by atoms with E-state index in [1.165, 1.54) is 16.9 Å². The molecule has 4 heteroatoms. The van der Waals surface area contributed by atoms with Crippen LogP contribution in [0.5, 0.6) is 0 Å².